The Bertz CT molecular complexity index is 1040. The molecule has 0 fully saturated rings. The molecule has 170 valence electrons. The van der Waals surface area contributed by atoms with Crippen LogP contribution in [0.4, 0.5) is 10.1 Å². The number of nitrogens with one attached hydrogen (secondary N) is 1. The summed E-state index contributed by atoms with van der Waals surface area (Å²) in [7, 11) is -3.57. The molecule has 5 nitrogen and oxygen atoms in total. The highest BCUT2D eigenvalue weighted by Gasteiger charge is 2.19. The number of sulfonamides is 1. The Labute approximate surface area is 185 Å². The minimum Gasteiger partial charge on any atom is -0.299 e. The Morgan fingerprint density at radius 2 is 1.84 bits per heavy atom. The van der Waals surface area contributed by atoms with E-state index in [-0.39, 0.29) is 16.9 Å². The number of aromatic nitrogens is 1. The number of ketones is 1. The molecule has 0 aliphatic carbocycles. The largest absolute Gasteiger partial charge is 0.299 e. The Kier molecular flexibility index (Phi) is 7.98. The van der Waals surface area contributed by atoms with Crippen LogP contribution in [0, 0.1) is 18.2 Å². The van der Waals surface area contributed by atoms with E-state index in [9.17, 15) is 17.6 Å². The Morgan fingerprint density at radius 3 is 2.42 bits per heavy atom. The van der Waals surface area contributed by atoms with Gasteiger partial charge in [-0.1, -0.05) is 39.8 Å². The second-order valence-electron chi connectivity index (χ2n) is 9.42. The summed E-state index contributed by atoms with van der Waals surface area (Å²) >= 11 is 0. The van der Waals surface area contributed by atoms with Crippen molar-refractivity contribution in [2.75, 3.05) is 11.0 Å². The predicted molar refractivity (Wildman–Crippen MR) is 123 cm³/mol. The normalized spacial score (nSPS) is 13.1. The van der Waals surface area contributed by atoms with E-state index in [4.69, 9.17) is 4.98 Å². The molecular formula is C24H33FN2O3S. The smallest absolute Gasteiger partial charge is 0.229 e. The van der Waals surface area contributed by atoms with Crippen LogP contribution in [0.3, 0.4) is 0 Å². The Morgan fingerprint density at radius 1 is 1.16 bits per heavy atom. The van der Waals surface area contributed by atoms with Gasteiger partial charge in [0.05, 0.1) is 11.9 Å². The van der Waals surface area contributed by atoms with E-state index in [0.29, 0.717) is 18.4 Å². The molecule has 1 aromatic heterocycles. The van der Waals surface area contributed by atoms with Crippen LogP contribution in [-0.4, -0.2) is 25.4 Å². The van der Waals surface area contributed by atoms with Gasteiger partial charge >= 0.3 is 0 Å². The Hall–Kier alpha value is -2.28. The molecule has 31 heavy (non-hydrogen) atoms. The standard InChI is InChI=1S/C24H33FN2O3S/c1-16-7-8-18(21(26-16)13-14-24(3,4)5)10-12-23(28)17(2)19-9-11-22(20(25)15-19)27-31(6,29)30/h7-9,11,15,17,27H,10,12-14H2,1-6H3. The number of hydrogen-bond donors (Lipinski definition) is 1. The van der Waals surface area contributed by atoms with Gasteiger partial charge in [-0.15, -0.1) is 0 Å². The zero-order valence-corrected chi connectivity index (χ0v) is 20.1. The van der Waals surface area contributed by atoms with E-state index in [1.165, 1.54) is 12.1 Å². The molecular weight excluding hydrogens is 415 g/mol. The van der Waals surface area contributed by atoms with Crippen LogP contribution in [0.1, 0.15) is 69.0 Å². The third-order valence-electron chi connectivity index (χ3n) is 5.23. The predicted octanol–water partition coefficient (Wildman–Crippen LogP) is 5.18. The molecule has 1 aromatic carbocycles. The van der Waals surface area contributed by atoms with Crippen molar-refractivity contribution in [2.24, 2.45) is 5.41 Å². The number of carbonyl (C=O) groups excluding carboxylic acids is 1. The lowest BCUT2D eigenvalue weighted by atomic mass is 9.88. The summed E-state index contributed by atoms with van der Waals surface area (Å²) in [5, 5.41) is 0. The lowest BCUT2D eigenvalue weighted by molar-refractivity contribution is -0.120. The average Bonchev–Trinajstić information content (AvgIpc) is 2.64. The molecule has 2 rings (SSSR count). The maximum Gasteiger partial charge on any atom is 0.229 e. The van der Waals surface area contributed by atoms with E-state index in [2.05, 4.69) is 25.5 Å². The minimum absolute atomic E-state index is 0.00516. The van der Waals surface area contributed by atoms with Gasteiger partial charge in [-0.3, -0.25) is 14.5 Å². The molecule has 2 aromatic rings. The number of carbonyl (C=O) groups is 1. The van der Waals surface area contributed by atoms with E-state index in [1.54, 1.807) is 13.0 Å². The minimum atomic E-state index is -3.57. The summed E-state index contributed by atoms with van der Waals surface area (Å²) in [6, 6.07) is 8.17. The van der Waals surface area contributed by atoms with Crippen molar-refractivity contribution < 1.29 is 17.6 Å². The highest BCUT2D eigenvalue weighted by Crippen LogP contribution is 2.26. The highest BCUT2D eigenvalue weighted by atomic mass is 32.2. The van der Waals surface area contributed by atoms with Crippen LogP contribution < -0.4 is 4.72 Å². The molecule has 1 unspecified atom stereocenters. The van der Waals surface area contributed by atoms with Gasteiger partial charge in [-0.2, -0.15) is 0 Å². The molecule has 0 spiro atoms. The molecule has 1 N–H and O–H groups in total. The van der Waals surface area contributed by atoms with Crippen LogP contribution in [0.5, 0.6) is 0 Å². The lowest BCUT2D eigenvalue weighted by Gasteiger charge is -2.19. The van der Waals surface area contributed by atoms with Gasteiger partial charge in [-0.25, -0.2) is 12.8 Å². The number of anilines is 1. The van der Waals surface area contributed by atoms with Crippen molar-refractivity contribution >= 4 is 21.5 Å². The monoisotopic (exact) mass is 448 g/mol. The molecule has 0 saturated carbocycles. The number of halogens is 1. The summed E-state index contributed by atoms with van der Waals surface area (Å²) < 4.78 is 39.0. The fourth-order valence-corrected chi connectivity index (χ4v) is 3.89. The number of hydrogen-bond acceptors (Lipinski definition) is 4. The zero-order chi connectivity index (χ0) is 23.4. The lowest BCUT2D eigenvalue weighted by Crippen LogP contribution is -2.14. The first kappa shape index (κ1) is 25.0. The van der Waals surface area contributed by atoms with Crippen LogP contribution in [-0.2, 0) is 27.7 Å². The van der Waals surface area contributed by atoms with Crippen molar-refractivity contribution in [3.8, 4) is 0 Å². The van der Waals surface area contributed by atoms with E-state index >= 15 is 0 Å². The fraction of sp³-hybridized carbons (Fsp3) is 0.500. The van der Waals surface area contributed by atoms with Gasteiger partial charge in [0.15, 0.2) is 0 Å². The number of pyridine rings is 1. The van der Waals surface area contributed by atoms with Gasteiger partial charge < -0.3 is 0 Å². The molecule has 0 radical (unpaired) electrons. The number of benzene rings is 1. The molecule has 0 aliphatic rings. The summed E-state index contributed by atoms with van der Waals surface area (Å²) in [4.78, 5) is 17.5. The average molecular weight is 449 g/mol. The topological polar surface area (TPSA) is 76.1 Å². The third kappa shape index (κ3) is 8.05. The zero-order valence-electron chi connectivity index (χ0n) is 19.3. The van der Waals surface area contributed by atoms with Crippen molar-refractivity contribution in [1.29, 1.82) is 0 Å². The Balaban J connectivity index is 2.08. The summed E-state index contributed by atoms with van der Waals surface area (Å²) in [5.41, 5.74) is 3.68. The van der Waals surface area contributed by atoms with Crippen LogP contribution in [0.25, 0.3) is 0 Å². The van der Waals surface area contributed by atoms with E-state index in [1.807, 2.05) is 19.1 Å². The highest BCUT2D eigenvalue weighted by molar-refractivity contribution is 7.92. The third-order valence-corrected chi connectivity index (χ3v) is 5.82. The first-order chi connectivity index (χ1) is 14.2. The van der Waals surface area contributed by atoms with Gasteiger partial charge in [0.1, 0.15) is 11.6 Å². The summed E-state index contributed by atoms with van der Waals surface area (Å²) in [6.07, 6.45) is 3.76. The second kappa shape index (κ2) is 9.90. The SMILES string of the molecule is Cc1ccc(CCC(=O)C(C)c2ccc(NS(C)(=O)=O)c(F)c2)c(CCC(C)(C)C)n1. The molecule has 0 amide bonds. The number of rotatable bonds is 9. The quantitative estimate of drug-likeness (QED) is 0.573. The van der Waals surface area contributed by atoms with Gasteiger partial charge in [0.25, 0.3) is 0 Å². The number of aryl methyl sites for hydroxylation is 3. The molecule has 0 bridgehead atoms. The molecule has 1 heterocycles. The van der Waals surface area contributed by atoms with E-state index < -0.39 is 21.8 Å². The first-order valence-electron chi connectivity index (χ1n) is 10.5. The van der Waals surface area contributed by atoms with Gasteiger partial charge in [0.2, 0.25) is 10.0 Å². The van der Waals surface area contributed by atoms with Crippen molar-refractivity contribution in [2.45, 2.75) is 66.2 Å². The van der Waals surface area contributed by atoms with Gasteiger partial charge in [-0.05, 0) is 60.9 Å². The van der Waals surface area contributed by atoms with Crippen LogP contribution >= 0.6 is 0 Å². The number of Topliss-reactive ketones (excluding diaryl/α,β-unsaturated/α-hetero) is 1. The molecule has 0 saturated heterocycles. The van der Waals surface area contributed by atoms with Gasteiger partial charge in [0, 0.05) is 23.7 Å². The summed E-state index contributed by atoms with van der Waals surface area (Å²) in [5.74, 6) is -1.18. The molecule has 0 aliphatic heterocycles. The van der Waals surface area contributed by atoms with Crippen molar-refractivity contribution in [1.82, 2.24) is 4.98 Å². The number of nitrogens with zero attached hydrogens (tertiary/aromatic N) is 1. The van der Waals surface area contributed by atoms with Crippen molar-refractivity contribution in [3.63, 3.8) is 0 Å². The summed E-state index contributed by atoms with van der Waals surface area (Å²) in [6.45, 7) is 10.3. The molecule has 1 atom stereocenters. The maximum atomic E-state index is 14.3. The maximum absolute atomic E-state index is 14.3. The molecule has 7 heteroatoms. The second-order valence-corrected chi connectivity index (χ2v) is 11.2. The van der Waals surface area contributed by atoms with Crippen molar-refractivity contribution in [3.05, 3.63) is 58.7 Å². The van der Waals surface area contributed by atoms with Crippen LogP contribution in [0.15, 0.2) is 30.3 Å². The fourth-order valence-electron chi connectivity index (χ4n) is 3.32. The van der Waals surface area contributed by atoms with Crippen LogP contribution in [0.2, 0.25) is 0 Å². The van der Waals surface area contributed by atoms with E-state index in [0.717, 1.165) is 36.0 Å². The first-order valence-corrected chi connectivity index (χ1v) is 12.4.